The maximum atomic E-state index is 8.40. The second-order valence-electron chi connectivity index (χ2n) is 6.14. The average Bonchev–Trinajstić information content (AvgIpc) is 2.61. The third-order valence-electron chi connectivity index (χ3n) is 3.88. The van der Waals surface area contributed by atoms with Gasteiger partial charge in [0.1, 0.15) is 0 Å². The summed E-state index contributed by atoms with van der Waals surface area (Å²) in [5.74, 6) is 0.250. The van der Waals surface area contributed by atoms with Gasteiger partial charge in [0.15, 0.2) is 0 Å². The molecule has 27 heavy (non-hydrogen) atoms. The molecule has 0 saturated heterocycles. The van der Waals surface area contributed by atoms with Gasteiger partial charge in [-0.2, -0.15) is 0 Å². The first-order chi connectivity index (χ1) is 12.5. The van der Waals surface area contributed by atoms with Gasteiger partial charge in [-0.05, 0) is 19.2 Å². The Morgan fingerprint density at radius 2 is 1.70 bits per heavy atom. The number of carbonyl (C=O) groups excluding carboxylic acids is 1. The van der Waals surface area contributed by atoms with Gasteiger partial charge in [-0.15, -0.1) is 29.7 Å². The molecule has 1 aromatic heterocycles. The van der Waals surface area contributed by atoms with Gasteiger partial charge >= 0.3 is 5.78 Å². The number of hydrogen-bond acceptors (Lipinski definition) is 3. The summed E-state index contributed by atoms with van der Waals surface area (Å²) in [6.07, 6.45) is 3.09. The maximum absolute atomic E-state index is 8.40. The van der Waals surface area contributed by atoms with E-state index in [1.807, 2.05) is 31.3 Å². The number of rotatable bonds is 1. The minimum absolute atomic E-state index is 0. The van der Waals surface area contributed by atoms with E-state index in [9.17, 15) is 0 Å². The van der Waals surface area contributed by atoms with Crippen molar-refractivity contribution in [2.24, 2.45) is 0 Å². The van der Waals surface area contributed by atoms with Crippen molar-refractivity contribution in [1.29, 1.82) is 0 Å². The number of aliphatic hydroxyl groups excluding tert-OH is 1. The molecule has 2 N–H and O–H groups in total. The summed E-state index contributed by atoms with van der Waals surface area (Å²) in [5.41, 5.74) is 2.83. The summed E-state index contributed by atoms with van der Waals surface area (Å²) in [6.45, 7) is 4.97. The van der Waals surface area contributed by atoms with Crippen LogP contribution in [0.2, 0.25) is 0 Å². The third kappa shape index (κ3) is 4.57. The predicted molar refractivity (Wildman–Crippen MR) is 107 cm³/mol. The Bertz CT molecular complexity index is 1110. The molecule has 139 valence electrons. The first-order valence-corrected chi connectivity index (χ1v) is 8.31. The van der Waals surface area contributed by atoms with Crippen LogP contribution >= 0.6 is 0 Å². The van der Waals surface area contributed by atoms with Crippen molar-refractivity contribution < 1.29 is 30.0 Å². The van der Waals surface area contributed by atoms with Gasteiger partial charge in [-0.25, -0.2) is 0 Å². The minimum Gasteiger partial charge on any atom is -0.512 e. The summed E-state index contributed by atoms with van der Waals surface area (Å²) in [7, 11) is 0. The van der Waals surface area contributed by atoms with Crippen LogP contribution in [0.3, 0.4) is 0 Å². The zero-order valence-electron chi connectivity index (χ0n) is 15.3. The molecule has 0 fully saturated rings. The van der Waals surface area contributed by atoms with Gasteiger partial charge in [0, 0.05) is 31.8 Å². The fourth-order valence-corrected chi connectivity index (χ4v) is 2.93. The molecule has 0 aliphatic heterocycles. The van der Waals surface area contributed by atoms with Crippen molar-refractivity contribution in [2.75, 3.05) is 0 Å². The van der Waals surface area contributed by atoms with E-state index in [1.54, 1.807) is 0 Å². The molecule has 5 heteroatoms. The molecule has 4 nitrogen and oxygen atoms in total. The predicted octanol–water partition coefficient (Wildman–Crippen LogP) is 5.06. The molecule has 4 aromatic rings. The summed E-state index contributed by atoms with van der Waals surface area (Å²) in [4.78, 5) is 17.6. The Kier molecular flexibility index (Phi) is 6.78. The van der Waals surface area contributed by atoms with E-state index in [-0.39, 0.29) is 31.6 Å². The van der Waals surface area contributed by atoms with Crippen molar-refractivity contribution in [3.8, 4) is 0 Å². The smallest absolute Gasteiger partial charge is 0.316 e. The monoisotopic (exact) mass is 537 g/mol. The van der Waals surface area contributed by atoms with E-state index in [2.05, 4.69) is 40.3 Å². The summed E-state index contributed by atoms with van der Waals surface area (Å²) in [6, 6.07) is 17.7. The van der Waals surface area contributed by atoms with Crippen molar-refractivity contribution in [3.05, 3.63) is 72.3 Å². The number of allylic oxidation sites excluding steroid dienone is 2. The van der Waals surface area contributed by atoms with Crippen molar-refractivity contribution >= 4 is 38.4 Å². The van der Waals surface area contributed by atoms with Gasteiger partial charge in [0.25, 0.3) is 0 Å². The first-order valence-electron chi connectivity index (χ1n) is 8.31. The number of aryl methyl sites for hydroxylation is 1. The van der Waals surface area contributed by atoms with E-state index >= 15 is 0 Å². The minimum atomic E-state index is 0. The number of benzene rings is 3. The van der Waals surface area contributed by atoms with Gasteiger partial charge < -0.3 is 10.1 Å². The largest absolute Gasteiger partial charge is 0.512 e. The van der Waals surface area contributed by atoms with E-state index in [0.717, 1.165) is 27.5 Å². The standard InChI is InChI=1S/C17H11N2.C5H8O2.Ir/c1-11-10-18-16-14-8-4-2-6-12(14)13-7-3-5-9-15(13)17(16)19-11;1-4(6)3-5(2)7;/h2-7,9-10H,1H3;3,6H,1-2H3;/q-1;;/p+1/b;4-3-;. The Hall–Kier alpha value is -2.62. The van der Waals surface area contributed by atoms with Crippen LogP contribution in [-0.4, -0.2) is 25.7 Å². The Balaban J connectivity index is 0.000000285. The molecule has 1 radical (unpaired) electrons. The number of hydrogen-bond donors (Lipinski definition) is 1. The zero-order chi connectivity index (χ0) is 18.7. The molecule has 0 atom stereocenters. The molecule has 1 heterocycles. The van der Waals surface area contributed by atoms with Crippen LogP contribution in [0, 0.1) is 13.0 Å². The fourth-order valence-electron chi connectivity index (χ4n) is 2.93. The molecule has 0 amide bonds. The third-order valence-corrected chi connectivity index (χ3v) is 3.88. The quantitative estimate of drug-likeness (QED) is 0.122. The topological polar surface area (TPSA) is 67.4 Å². The molecule has 0 unspecified atom stereocenters. The number of fused-ring (bicyclic) bond motifs is 6. The summed E-state index contributed by atoms with van der Waals surface area (Å²) >= 11 is 0. The van der Waals surface area contributed by atoms with E-state index in [0.29, 0.717) is 0 Å². The Morgan fingerprint density at radius 1 is 1.04 bits per heavy atom. The SMILES string of the molecule is CC(=[OH+])/C=C(/C)O.Cc1cnc2c3[c-]cccc3c3ccccc3c2n1.[Ir]. The molecule has 0 aliphatic rings. The van der Waals surface area contributed by atoms with Crippen LogP contribution in [0.15, 0.2) is 60.5 Å². The molecule has 0 spiro atoms. The number of nitrogens with zero attached hydrogens (tertiary/aromatic N) is 2. The fraction of sp³-hybridized carbons (Fsp3) is 0.136. The maximum Gasteiger partial charge on any atom is 0.316 e. The number of ketones is 1. The van der Waals surface area contributed by atoms with Crippen LogP contribution in [0.5, 0.6) is 0 Å². The van der Waals surface area contributed by atoms with Gasteiger partial charge in [-0.1, -0.05) is 35.0 Å². The van der Waals surface area contributed by atoms with Crippen molar-refractivity contribution in [2.45, 2.75) is 20.8 Å². The Labute approximate surface area is 171 Å². The average molecular weight is 537 g/mol. The van der Waals surface area contributed by atoms with E-state index in [1.165, 1.54) is 30.7 Å². The normalized spacial score (nSPS) is 11.0. The zero-order valence-corrected chi connectivity index (χ0v) is 17.7. The molecular formula is C22H20IrN2O2. The molecule has 0 bridgehead atoms. The first kappa shape index (κ1) is 20.7. The van der Waals surface area contributed by atoms with E-state index < -0.39 is 0 Å². The van der Waals surface area contributed by atoms with Crippen LogP contribution in [0.4, 0.5) is 0 Å². The number of aromatic nitrogens is 2. The number of aliphatic hydroxyl groups is 1. The second kappa shape index (κ2) is 8.85. The molecule has 4 rings (SSSR count). The van der Waals surface area contributed by atoms with Crippen molar-refractivity contribution in [1.82, 2.24) is 9.97 Å². The van der Waals surface area contributed by atoms with Gasteiger partial charge in [0.2, 0.25) is 0 Å². The summed E-state index contributed by atoms with van der Waals surface area (Å²) < 4.78 is 0. The molecular weight excluding hydrogens is 516 g/mol. The van der Waals surface area contributed by atoms with Crippen molar-refractivity contribution in [3.63, 3.8) is 0 Å². The van der Waals surface area contributed by atoms with Crippen LogP contribution in [-0.2, 0) is 20.1 Å². The second-order valence-corrected chi connectivity index (χ2v) is 6.14. The Morgan fingerprint density at radius 3 is 2.33 bits per heavy atom. The molecule has 0 saturated carbocycles. The van der Waals surface area contributed by atoms with Gasteiger partial charge in [-0.3, -0.25) is 9.78 Å². The van der Waals surface area contributed by atoms with E-state index in [4.69, 9.17) is 9.90 Å². The molecule has 0 aliphatic carbocycles. The van der Waals surface area contributed by atoms with Crippen LogP contribution in [0.1, 0.15) is 19.5 Å². The summed E-state index contributed by atoms with van der Waals surface area (Å²) in [5, 5.41) is 13.0. The van der Waals surface area contributed by atoms with Crippen LogP contribution < -0.4 is 0 Å². The molecule has 3 aromatic carbocycles. The van der Waals surface area contributed by atoms with Gasteiger partial charge in [0.05, 0.1) is 30.0 Å². The van der Waals surface area contributed by atoms with Crippen LogP contribution in [0.25, 0.3) is 32.6 Å².